The van der Waals surface area contributed by atoms with Gasteiger partial charge in [-0.1, -0.05) is 57.4 Å². The summed E-state index contributed by atoms with van der Waals surface area (Å²) < 4.78 is 5.85. The standard InChI is InChI=1S/C14H21BO/c1-14(2)10-4-8-13(9-5-11-14)16-15-12-6-3-7-12/h4-5,8,10-12,15H,3,6-7,9H2,1-2H3/b10-4-,11-5-,13-8-. The van der Waals surface area contributed by atoms with Crippen LogP contribution in [0.15, 0.2) is 36.1 Å². The van der Waals surface area contributed by atoms with E-state index in [2.05, 4.69) is 44.2 Å². The molecule has 2 aliphatic carbocycles. The van der Waals surface area contributed by atoms with E-state index in [4.69, 9.17) is 4.65 Å². The molecule has 0 N–H and O–H groups in total. The van der Waals surface area contributed by atoms with Crippen molar-refractivity contribution >= 4 is 7.48 Å². The van der Waals surface area contributed by atoms with Crippen molar-refractivity contribution in [3.8, 4) is 0 Å². The van der Waals surface area contributed by atoms with Crippen LogP contribution in [0.2, 0.25) is 5.82 Å². The Balaban J connectivity index is 1.87. The Labute approximate surface area is 99.5 Å². The fraction of sp³-hybridized carbons (Fsp3) is 0.571. The summed E-state index contributed by atoms with van der Waals surface area (Å²) in [7, 11) is 0.914. The third kappa shape index (κ3) is 3.29. The van der Waals surface area contributed by atoms with Crippen molar-refractivity contribution in [3.05, 3.63) is 36.1 Å². The summed E-state index contributed by atoms with van der Waals surface area (Å²) in [6, 6.07) is 0. The fourth-order valence-electron chi connectivity index (χ4n) is 2.00. The zero-order valence-corrected chi connectivity index (χ0v) is 10.4. The second-order valence-corrected chi connectivity index (χ2v) is 5.53. The van der Waals surface area contributed by atoms with Crippen molar-refractivity contribution < 1.29 is 4.65 Å². The molecule has 0 atom stereocenters. The van der Waals surface area contributed by atoms with Crippen LogP contribution in [0, 0.1) is 5.41 Å². The van der Waals surface area contributed by atoms with E-state index in [0.717, 1.165) is 25.5 Å². The maximum Gasteiger partial charge on any atom is 0.342 e. The van der Waals surface area contributed by atoms with E-state index in [1.165, 1.54) is 19.3 Å². The molecule has 0 aromatic heterocycles. The largest absolute Gasteiger partial charge is 0.567 e. The monoisotopic (exact) mass is 216 g/mol. The zero-order valence-electron chi connectivity index (χ0n) is 10.4. The van der Waals surface area contributed by atoms with Gasteiger partial charge in [-0.3, -0.25) is 0 Å². The van der Waals surface area contributed by atoms with Crippen LogP contribution in [0.4, 0.5) is 0 Å². The van der Waals surface area contributed by atoms with E-state index in [0.29, 0.717) is 0 Å². The van der Waals surface area contributed by atoms with E-state index < -0.39 is 0 Å². The molecule has 0 aliphatic heterocycles. The van der Waals surface area contributed by atoms with Gasteiger partial charge in [-0.2, -0.15) is 0 Å². The van der Waals surface area contributed by atoms with Crippen LogP contribution in [-0.4, -0.2) is 7.48 Å². The Morgan fingerprint density at radius 2 is 2.12 bits per heavy atom. The summed E-state index contributed by atoms with van der Waals surface area (Å²) in [4.78, 5) is 0. The van der Waals surface area contributed by atoms with E-state index in [1.807, 2.05) is 0 Å². The molecular weight excluding hydrogens is 195 g/mol. The Hall–Kier alpha value is -0.915. The van der Waals surface area contributed by atoms with E-state index in [-0.39, 0.29) is 5.41 Å². The first-order valence-corrected chi connectivity index (χ1v) is 6.35. The van der Waals surface area contributed by atoms with Crippen molar-refractivity contribution in [1.29, 1.82) is 0 Å². The molecule has 0 unspecified atom stereocenters. The predicted octanol–water partition coefficient (Wildman–Crippen LogP) is 3.75. The highest BCUT2D eigenvalue weighted by Crippen LogP contribution is 2.32. The lowest BCUT2D eigenvalue weighted by atomic mass is 9.66. The first-order valence-electron chi connectivity index (χ1n) is 6.35. The molecule has 0 spiro atoms. The van der Waals surface area contributed by atoms with Gasteiger partial charge in [0, 0.05) is 11.8 Å². The third-order valence-electron chi connectivity index (χ3n) is 3.40. The van der Waals surface area contributed by atoms with Crippen molar-refractivity contribution in [3.63, 3.8) is 0 Å². The molecule has 2 rings (SSSR count). The number of rotatable bonds is 3. The highest BCUT2D eigenvalue weighted by molar-refractivity contribution is 6.30. The van der Waals surface area contributed by atoms with Gasteiger partial charge in [0.2, 0.25) is 0 Å². The van der Waals surface area contributed by atoms with Gasteiger partial charge < -0.3 is 4.65 Å². The van der Waals surface area contributed by atoms with E-state index >= 15 is 0 Å². The molecule has 0 aromatic rings. The average molecular weight is 216 g/mol. The molecule has 86 valence electrons. The molecule has 0 bridgehead atoms. The average Bonchev–Trinajstić information content (AvgIpc) is 2.11. The molecule has 0 radical (unpaired) electrons. The Bertz CT molecular complexity index is 322. The summed E-state index contributed by atoms with van der Waals surface area (Å²) >= 11 is 0. The van der Waals surface area contributed by atoms with Crippen molar-refractivity contribution in [2.75, 3.05) is 0 Å². The van der Waals surface area contributed by atoms with Crippen molar-refractivity contribution in [2.45, 2.75) is 45.3 Å². The minimum Gasteiger partial charge on any atom is -0.567 e. The lowest BCUT2D eigenvalue weighted by Gasteiger charge is -2.24. The van der Waals surface area contributed by atoms with Gasteiger partial charge in [0.1, 0.15) is 0 Å². The van der Waals surface area contributed by atoms with E-state index in [9.17, 15) is 0 Å². The van der Waals surface area contributed by atoms with Gasteiger partial charge in [-0.05, 0) is 11.9 Å². The lowest BCUT2D eigenvalue weighted by molar-refractivity contribution is 0.391. The Kier molecular flexibility index (Phi) is 3.57. The quantitative estimate of drug-likeness (QED) is 0.515. The number of hydrogen-bond acceptors (Lipinski definition) is 1. The molecule has 1 fully saturated rings. The van der Waals surface area contributed by atoms with Gasteiger partial charge in [0.25, 0.3) is 0 Å². The molecule has 2 aliphatic rings. The SMILES string of the molecule is CC1(C)/C=C\C=C(/OBC2CCC2)C/C=C\1. The van der Waals surface area contributed by atoms with Crippen LogP contribution in [0.25, 0.3) is 0 Å². The Morgan fingerprint density at radius 3 is 2.81 bits per heavy atom. The zero-order chi connectivity index (χ0) is 11.4. The summed E-state index contributed by atoms with van der Waals surface area (Å²) in [5.41, 5.74) is 0.177. The third-order valence-corrected chi connectivity index (χ3v) is 3.40. The van der Waals surface area contributed by atoms with Crippen LogP contribution in [-0.2, 0) is 4.65 Å². The minimum atomic E-state index is 0.177. The fourth-order valence-corrected chi connectivity index (χ4v) is 2.00. The summed E-state index contributed by atoms with van der Waals surface area (Å²) in [5, 5.41) is 0. The second-order valence-electron chi connectivity index (χ2n) is 5.53. The van der Waals surface area contributed by atoms with Gasteiger partial charge in [-0.15, -0.1) is 0 Å². The molecule has 0 aromatic carbocycles. The first-order chi connectivity index (χ1) is 7.66. The molecular formula is C14H21BO. The van der Waals surface area contributed by atoms with Crippen LogP contribution in [0.1, 0.15) is 39.5 Å². The van der Waals surface area contributed by atoms with Gasteiger partial charge in [0.05, 0.1) is 5.76 Å². The molecule has 2 heteroatoms. The molecule has 1 nitrogen and oxygen atoms in total. The van der Waals surface area contributed by atoms with Gasteiger partial charge in [0.15, 0.2) is 0 Å². The first kappa shape index (κ1) is 11.6. The normalized spacial score (nSPS) is 31.2. The minimum absolute atomic E-state index is 0.177. The van der Waals surface area contributed by atoms with Crippen LogP contribution in [0.5, 0.6) is 0 Å². The topological polar surface area (TPSA) is 9.23 Å². The summed E-state index contributed by atoms with van der Waals surface area (Å²) in [6.07, 6.45) is 16.0. The van der Waals surface area contributed by atoms with Crippen LogP contribution >= 0.6 is 0 Å². The summed E-state index contributed by atoms with van der Waals surface area (Å²) in [6.45, 7) is 4.43. The van der Waals surface area contributed by atoms with Crippen molar-refractivity contribution in [2.24, 2.45) is 5.41 Å². The maximum absolute atomic E-state index is 5.85. The lowest BCUT2D eigenvalue weighted by Crippen LogP contribution is -2.15. The second kappa shape index (κ2) is 4.94. The Morgan fingerprint density at radius 1 is 1.31 bits per heavy atom. The van der Waals surface area contributed by atoms with Crippen LogP contribution in [0.3, 0.4) is 0 Å². The predicted molar refractivity (Wildman–Crippen MR) is 70.6 cm³/mol. The highest BCUT2D eigenvalue weighted by atomic mass is 16.4. The highest BCUT2D eigenvalue weighted by Gasteiger charge is 2.20. The molecule has 0 amide bonds. The maximum atomic E-state index is 5.85. The van der Waals surface area contributed by atoms with Gasteiger partial charge in [-0.25, -0.2) is 0 Å². The number of hydrogen-bond donors (Lipinski definition) is 0. The van der Waals surface area contributed by atoms with Crippen LogP contribution < -0.4 is 0 Å². The number of allylic oxidation sites excluding steroid dienone is 5. The smallest absolute Gasteiger partial charge is 0.342 e. The molecule has 0 saturated heterocycles. The van der Waals surface area contributed by atoms with E-state index in [1.54, 1.807) is 0 Å². The van der Waals surface area contributed by atoms with Crippen molar-refractivity contribution in [1.82, 2.24) is 0 Å². The molecule has 1 saturated carbocycles. The summed E-state index contributed by atoms with van der Waals surface area (Å²) in [5.74, 6) is 1.92. The van der Waals surface area contributed by atoms with Gasteiger partial charge >= 0.3 is 7.48 Å². The molecule has 0 heterocycles. The molecule has 16 heavy (non-hydrogen) atoms.